The maximum absolute atomic E-state index is 12.0. The Morgan fingerprint density at radius 2 is 1.78 bits per heavy atom. The Morgan fingerprint density at radius 1 is 1.22 bits per heavy atom. The topological polar surface area (TPSA) is 12.0 Å². The summed E-state index contributed by atoms with van der Waals surface area (Å²) in [4.78, 5) is 0. The van der Waals surface area contributed by atoms with Gasteiger partial charge in [-0.2, -0.15) is 13.2 Å². The number of hydrogen-bond donors (Lipinski definition) is 1. The predicted molar refractivity (Wildman–Crippen MR) is 68.3 cm³/mol. The summed E-state index contributed by atoms with van der Waals surface area (Å²) in [7, 11) is 0. The van der Waals surface area contributed by atoms with E-state index < -0.39 is 12.7 Å². The molecular formula is C12H14Cl2F3N. The molecule has 0 bridgehead atoms. The Balaban J connectivity index is 2.47. The number of benzene rings is 1. The van der Waals surface area contributed by atoms with Crippen LogP contribution in [0.3, 0.4) is 0 Å². The normalized spacial score (nSPS) is 13.7. The van der Waals surface area contributed by atoms with Gasteiger partial charge in [-0.05, 0) is 36.6 Å². The maximum atomic E-state index is 12.0. The Labute approximate surface area is 114 Å². The summed E-state index contributed by atoms with van der Waals surface area (Å²) in [6.45, 7) is 1.14. The summed E-state index contributed by atoms with van der Waals surface area (Å²) >= 11 is 12.0. The first-order chi connectivity index (χ1) is 8.29. The molecular weight excluding hydrogens is 286 g/mol. The van der Waals surface area contributed by atoms with Crippen LogP contribution < -0.4 is 5.32 Å². The third-order valence-electron chi connectivity index (χ3n) is 2.43. The van der Waals surface area contributed by atoms with E-state index in [1.165, 1.54) is 0 Å². The van der Waals surface area contributed by atoms with Crippen molar-refractivity contribution in [1.29, 1.82) is 0 Å². The molecule has 0 saturated carbocycles. The largest absolute Gasteiger partial charge is 0.401 e. The van der Waals surface area contributed by atoms with Crippen LogP contribution in [0.25, 0.3) is 0 Å². The molecule has 1 rings (SSSR count). The molecule has 0 radical (unpaired) electrons. The Morgan fingerprint density at radius 3 is 2.28 bits per heavy atom. The first-order valence-corrected chi connectivity index (χ1v) is 6.25. The van der Waals surface area contributed by atoms with Gasteiger partial charge >= 0.3 is 6.18 Å². The summed E-state index contributed by atoms with van der Waals surface area (Å²) in [6, 6.07) is 5.18. The van der Waals surface area contributed by atoms with Crippen molar-refractivity contribution < 1.29 is 13.2 Å². The molecule has 1 N–H and O–H groups in total. The van der Waals surface area contributed by atoms with Crippen molar-refractivity contribution in [3.05, 3.63) is 33.8 Å². The molecule has 0 amide bonds. The van der Waals surface area contributed by atoms with Crippen LogP contribution >= 0.6 is 23.2 Å². The quantitative estimate of drug-likeness (QED) is 0.853. The summed E-state index contributed by atoms with van der Waals surface area (Å²) in [5.74, 6) is 0.0183. The third-order valence-corrected chi connectivity index (χ3v) is 3.14. The average Bonchev–Trinajstić information content (AvgIpc) is 2.22. The molecule has 102 valence electrons. The minimum absolute atomic E-state index is 0.0183. The first kappa shape index (κ1) is 15.6. The number of rotatable bonds is 5. The lowest BCUT2D eigenvalue weighted by molar-refractivity contribution is -0.125. The summed E-state index contributed by atoms with van der Waals surface area (Å²) in [5, 5.41) is 3.47. The van der Waals surface area contributed by atoms with Crippen LogP contribution in [0, 0.1) is 5.92 Å². The summed E-state index contributed by atoms with van der Waals surface area (Å²) in [6.07, 6.45) is -3.63. The summed E-state index contributed by atoms with van der Waals surface area (Å²) < 4.78 is 35.9. The average molecular weight is 300 g/mol. The van der Waals surface area contributed by atoms with Gasteiger partial charge in [0.1, 0.15) is 0 Å². The summed E-state index contributed by atoms with van der Waals surface area (Å²) in [5.41, 5.74) is 0.780. The highest BCUT2D eigenvalue weighted by Gasteiger charge is 2.26. The lowest BCUT2D eigenvalue weighted by Crippen LogP contribution is -2.32. The second-order valence-corrected chi connectivity index (χ2v) is 5.07. The van der Waals surface area contributed by atoms with Gasteiger partial charge in [-0.3, -0.25) is 0 Å². The molecule has 18 heavy (non-hydrogen) atoms. The van der Waals surface area contributed by atoms with Crippen molar-refractivity contribution in [3.63, 3.8) is 0 Å². The highest BCUT2D eigenvalue weighted by molar-refractivity contribution is 6.35. The molecule has 6 heteroatoms. The molecule has 1 aromatic rings. The van der Waals surface area contributed by atoms with Crippen LogP contribution in [-0.4, -0.2) is 19.3 Å². The minimum Gasteiger partial charge on any atom is -0.308 e. The van der Waals surface area contributed by atoms with Crippen LogP contribution in [0.1, 0.15) is 12.5 Å². The fourth-order valence-electron chi connectivity index (χ4n) is 1.61. The van der Waals surface area contributed by atoms with E-state index in [-0.39, 0.29) is 12.5 Å². The van der Waals surface area contributed by atoms with Gasteiger partial charge in [-0.15, -0.1) is 0 Å². The highest BCUT2D eigenvalue weighted by Crippen LogP contribution is 2.26. The van der Waals surface area contributed by atoms with Gasteiger partial charge in [0.2, 0.25) is 0 Å². The van der Waals surface area contributed by atoms with E-state index in [0.29, 0.717) is 16.5 Å². The van der Waals surface area contributed by atoms with Crippen LogP contribution in [0.15, 0.2) is 18.2 Å². The first-order valence-electron chi connectivity index (χ1n) is 5.50. The van der Waals surface area contributed by atoms with Crippen molar-refractivity contribution in [1.82, 2.24) is 5.32 Å². The van der Waals surface area contributed by atoms with Gasteiger partial charge in [-0.25, -0.2) is 0 Å². The van der Waals surface area contributed by atoms with Gasteiger partial charge in [0, 0.05) is 10.0 Å². The van der Waals surface area contributed by atoms with Crippen molar-refractivity contribution in [2.45, 2.75) is 19.5 Å². The molecule has 0 aromatic heterocycles. The molecule has 1 aromatic carbocycles. The van der Waals surface area contributed by atoms with Gasteiger partial charge < -0.3 is 5.32 Å². The smallest absolute Gasteiger partial charge is 0.308 e. The Kier molecular flexibility index (Phi) is 5.76. The van der Waals surface area contributed by atoms with Gasteiger partial charge in [0.05, 0.1) is 6.54 Å². The standard InChI is InChI=1S/C12H14Cl2F3N/c1-8(6-18-7-12(15,16)17)5-9-10(13)3-2-4-11(9)14/h2-4,8,18H,5-7H2,1H3. The minimum atomic E-state index is -4.18. The van der Waals surface area contributed by atoms with Crippen molar-refractivity contribution in [2.24, 2.45) is 5.92 Å². The molecule has 0 saturated heterocycles. The van der Waals surface area contributed by atoms with Crippen molar-refractivity contribution in [2.75, 3.05) is 13.1 Å². The number of halogens is 5. The molecule has 0 aliphatic rings. The van der Waals surface area contributed by atoms with E-state index in [2.05, 4.69) is 5.32 Å². The molecule has 1 nitrogen and oxygen atoms in total. The van der Waals surface area contributed by atoms with E-state index >= 15 is 0 Å². The van der Waals surface area contributed by atoms with Crippen molar-refractivity contribution >= 4 is 23.2 Å². The molecule has 0 fully saturated rings. The zero-order valence-electron chi connectivity index (χ0n) is 9.82. The molecule has 0 spiro atoms. The van der Waals surface area contributed by atoms with E-state index in [0.717, 1.165) is 5.56 Å². The fourth-order valence-corrected chi connectivity index (χ4v) is 2.16. The van der Waals surface area contributed by atoms with E-state index in [1.807, 2.05) is 6.92 Å². The number of alkyl halides is 3. The zero-order chi connectivity index (χ0) is 13.8. The van der Waals surface area contributed by atoms with E-state index in [4.69, 9.17) is 23.2 Å². The predicted octanol–water partition coefficient (Wildman–Crippen LogP) is 4.32. The second kappa shape index (κ2) is 6.64. The monoisotopic (exact) mass is 299 g/mol. The third kappa shape index (κ3) is 5.46. The molecule has 1 atom stereocenters. The zero-order valence-corrected chi connectivity index (χ0v) is 11.3. The maximum Gasteiger partial charge on any atom is 0.401 e. The van der Waals surface area contributed by atoms with Crippen LogP contribution in [0.4, 0.5) is 13.2 Å². The Hall–Kier alpha value is -0.450. The van der Waals surface area contributed by atoms with Crippen LogP contribution in [0.2, 0.25) is 10.0 Å². The SMILES string of the molecule is CC(CNCC(F)(F)F)Cc1c(Cl)cccc1Cl. The van der Waals surface area contributed by atoms with E-state index in [1.54, 1.807) is 18.2 Å². The lowest BCUT2D eigenvalue weighted by atomic mass is 10.0. The fraction of sp³-hybridized carbons (Fsp3) is 0.500. The Bertz CT molecular complexity index is 373. The number of hydrogen-bond acceptors (Lipinski definition) is 1. The molecule has 1 unspecified atom stereocenters. The van der Waals surface area contributed by atoms with Gasteiger partial charge in [0.25, 0.3) is 0 Å². The van der Waals surface area contributed by atoms with E-state index in [9.17, 15) is 13.2 Å². The second-order valence-electron chi connectivity index (χ2n) is 4.26. The van der Waals surface area contributed by atoms with Crippen molar-refractivity contribution in [3.8, 4) is 0 Å². The molecule has 0 heterocycles. The van der Waals surface area contributed by atoms with Crippen LogP contribution in [-0.2, 0) is 6.42 Å². The molecule has 0 aliphatic carbocycles. The number of nitrogens with one attached hydrogen (secondary N) is 1. The highest BCUT2D eigenvalue weighted by atomic mass is 35.5. The van der Waals surface area contributed by atoms with Gasteiger partial charge in [0.15, 0.2) is 0 Å². The molecule has 0 aliphatic heterocycles. The van der Waals surface area contributed by atoms with Gasteiger partial charge in [-0.1, -0.05) is 36.2 Å². The lowest BCUT2D eigenvalue weighted by Gasteiger charge is -2.15. The van der Waals surface area contributed by atoms with Crippen LogP contribution in [0.5, 0.6) is 0 Å².